The molecule has 1 unspecified atom stereocenters. The Balaban J connectivity index is 2.19. The molecule has 3 heteroatoms. The van der Waals surface area contributed by atoms with Crippen molar-refractivity contribution in [3.8, 4) is 0 Å². The second kappa shape index (κ2) is 6.21. The van der Waals surface area contributed by atoms with Crippen LogP contribution in [-0.2, 0) is 4.84 Å². The molecule has 0 bridgehead atoms. The maximum Gasteiger partial charge on any atom is 0.0698 e. The first-order valence-electron chi connectivity index (χ1n) is 6.88. The van der Waals surface area contributed by atoms with Crippen LogP contribution in [0.1, 0.15) is 36.8 Å². The van der Waals surface area contributed by atoms with Gasteiger partial charge in [0.05, 0.1) is 6.61 Å². The Morgan fingerprint density at radius 2 is 2.17 bits per heavy atom. The summed E-state index contributed by atoms with van der Waals surface area (Å²) in [5.74, 6) is 5.17. The molecule has 1 saturated heterocycles. The minimum atomic E-state index is 0.572. The van der Waals surface area contributed by atoms with E-state index >= 15 is 0 Å². The molecule has 2 rings (SSSR count). The molecule has 0 aromatic heterocycles. The highest BCUT2D eigenvalue weighted by atomic mass is 16.6. The minimum absolute atomic E-state index is 0.572. The summed E-state index contributed by atoms with van der Waals surface area (Å²) in [5, 5.41) is 0. The maximum absolute atomic E-state index is 5.17. The van der Waals surface area contributed by atoms with Crippen molar-refractivity contribution in [2.45, 2.75) is 45.6 Å². The lowest BCUT2D eigenvalue weighted by atomic mass is 9.97. The zero-order valence-corrected chi connectivity index (χ0v) is 11.5. The Morgan fingerprint density at radius 1 is 1.33 bits per heavy atom. The van der Waals surface area contributed by atoms with Crippen LogP contribution < -0.4 is 10.8 Å². The topological polar surface area (TPSA) is 38.5 Å². The molecule has 1 aliphatic heterocycles. The van der Waals surface area contributed by atoms with Crippen LogP contribution in [0.4, 0.5) is 5.69 Å². The molecule has 1 aliphatic rings. The van der Waals surface area contributed by atoms with Crippen LogP contribution in [0.25, 0.3) is 0 Å². The lowest BCUT2D eigenvalue weighted by molar-refractivity contribution is 0.127. The van der Waals surface area contributed by atoms with Gasteiger partial charge in [-0.3, -0.25) is 0 Å². The van der Waals surface area contributed by atoms with Gasteiger partial charge in [-0.15, -0.1) is 0 Å². The SMILES string of the molecule is Cc1cccc(N2CCCCC2CCON)c1C. The smallest absolute Gasteiger partial charge is 0.0698 e. The van der Waals surface area contributed by atoms with Gasteiger partial charge >= 0.3 is 0 Å². The fraction of sp³-hybridized carbons (Fsp3) is 0.600. The lowest BCUT2D eigenvalue weighted by Crippen LogP contribution is -2.40. The lowest BCUT2D eigenvalue weighted by Gasteiger charge is -2.38. The average molecular weight is 248 g/mol. The van der Waals surface area contributed by atoms with Gasteiger partial charge in [-0.2, -0.15) is 0 Å². The molecule has 0 radical (unpaired) electrons. The van der Waals surface area contributed by atoms with Gasteiger partial charge in [0.2, 0.25) is 0 Å². The summed E-state index contributed by atoms with van der Waals surface area (Å²) in [6, 6.07) is 7.15. The first-order chi connectivity index (χ1) is 8.74. The average Bonchev–Trinajstić information content (AvgIpc) is 2.40. The van der Waals surface area contributed by atoms with Gasteiger partial charge in [-0.05, 0) is 56.7 Å². The van der Waals surface area contributed by atoms with E-state index < -0.39 is 0 Å². The molecule has 1 aromatic carbocycles. The number of benzene rings is 1. The highest BCUT2D eigenvalue weighted by Crippen LogP contribution is 2.30. The number of piperidine rings is 1. The molecule has 0 amide bonds. The summed E-state index contributed by atoms with van der Waals surface area (Å²) in [7, 11) is 0. The monoisotopic (exact) mass is 248 g/mol. The molecule has 1 heterocycles. The predicted molar refractivity (Wildman–Crippen MR) is 75.7 cm³/mol. The Hall–Kier alpha value is -1.06. The summed E-state index contributed by atoms with van der Waals surface area (Å²) in [4.78, 5) is 7.30. The third kappa shape index (κ3) is 2.85. The summed E-state index contributed by atoms with van der Waals surface area (Å²) < 4.78 is 0. The highest BCUT2D eigenvalue weighted by molar-refractivity contribution is 5.56. The van der Waals surface area contributed by atoms with E-state index in [2.05, 4.69) is 36.9 Å². The minimum Gasteiger partial charge on any atom is -0.368 e. The highest BCUT2D eigenvalue weighted by Gasteiger charge is 2.23. The number of aryl methyl sites for hydroxylation is 1. The van der Waals surface area contributed by atoms with E-state index in [0.717, 1.165) is 13.0 Å². The first kappa shape index (κ1) is 13.4. The van der Waals surface area contributed by atoms with Crippen molar-refractivity contribution in [1.29, 1.82) is 0 Å². The molecular formula is C15H24N2O. The summed E-state index contributed by atoms with van der Waals surface area (Å²) in [5.41, 5.74) is 4.15. The first-order valence-corrected chi connectivity index (χ1v) is 6.88. The van der Waals surface area contributed by atoms with Crippen molar-refractivity contribution < 1.29 is 4.84 Å². The molecule has 2 N–H and O–H groups in total. The van der Waals surface area contributed by atoms with Gasteiger partial charge in [0.1, 0.15) is 0 Å². The Labute approximate surface area is 110 Å². The summed E-state index contributed by atoms with van der Waals surface area (Å²) in [6.07, 6.45) is 4.87. The van der Waals surface area contributed by atoms with Crippen molar-refractivity contribution in [2.75, 3.05) is 18.1 Å². The fourth-order valence-corrected chi connectivity index (χ4v) is 2.87. The third-order valence-corrected chi connectivity index (χ3v) is 4.08. The second-order valence-corrected chi connectivity index (χ2v) is 5.22. The van der Waals surface area contributed by atoms with Gasteiger partial charge in [0.15, 0.2) is 0 Å². The summed E-state index contributed by atoms with van der Waals surface area (Å²) >= 11 is 0. The molecule has 1 aromatic rings. The third-order valence-electron chi connectivity index (χ3n) is 4.08. The molecule has 1 atom stereocenters. The molecule has 1 fully saturated rings. The van der Waals surface area contributed by atoms with E-state index in [9.17, 15) is 0 Å². The number of rotatable bonds is 4. The van der Waals surface area contributed by atoms with Gasteiger partial charge in [-0.25, -0.2) is 5.90 Å². The molecule has 3 nitrogen and oxygen atoms in total. The number of hydrogen-bond acceptors (Lipinski definition) is 3. The van der Waals surface area contributed by atoms with Crippen LogP contribution in [0.2, 0.25) is 0 Å². The van der Waals surface area contributed by atoms with E-state index in [1.807, 2.05) is 0 Å². The van der Waals surface area contributed by atoms with Crippen LogP contribution in [-0.4, -0.2) is 19.2 Å². The molecule has 0 saturated carbocycles. The molecule has 0 spiro atoms. The van der Waals surface area contributed by atoms with Crippen molar-refractivity contribution in [1.82, 2.24) is 0 Å². The van der Waals surface area contributed by atoms with Crippen LogP contribution >= 0.6 is 0 Å². The maximum atomic E-state index is 5.17. The van der Waals surface area contributed by atoms with Gasteiger partial charge in [0.25, 0.3) is 0 Å². The second-order valence-electron chi connectivity index (χ2n) is 5.22. The number of nitrogens with zero attached hydrogens (tertiary/aromatic N) is 1. The van der Waals surface area contributed by atoms with E-state index in [1.54, 1.807) is 0 Å². The Morgan fingerprint density at radius 3 is 2.94 bits per heavy atom. The zero-order chi connectivity index (χ0) is 13.0. The van der Waals surface area contributed by atoms with Crippen LogP contribution in [0.5, 0.6) is 0 Å². The standard InChI is InChI=1S/C15H24N2O/c1-12-6-5-8-15(13(12)2)17-10-4-3-7-14(17)9-11-18-16/h5-6,8,14H,3-4,7,9-11,16H2,1-2H3. The van der Waals surface area contributed by atoms with E-state index in [4.69, 9.17) is 10.7 Å². The van der Waals surface area contributed by atoms with Crippen molar-refractivity contribution in [2.24, 2.45) is 5.90 Å². The van der Waals surface area contributed by atoms with Crippen LogP contribution in [0.15, 0.2) is 18.2 Å². The van der Waals surface area contributed by atoms with E-state index in [1.165, 1.54) is 36.1 Å². The van der Waals surface area contributed by atoms with E-state index in [-0.39, 0.29) is 0 Å². The fourth-order valence-electron chi connectivity index (χ4n) is 2.87. The van der Waals surface area contributed by atoms with Gasteiger partial charge in [-0.1, -0.05) is 12.1 Å². The van der Waals surface area contributed by atoms with Crippen LogP contribution in [0, 0.1) is 13.8 Å². The van der Waals surface area contributed by atoms with Crippen molar-refractivity contribution >= 4 is 5.69 Å². The Kier molecular flexibility index (Phi) is 4.61. The van der Waals surface area contributed by atoms with Gasteiger partial charge in [0, 0.05) is 18.3 Å². The molecule has 18 heavy (non-hydrogen) atoms. The van der Waals surface area contributed by atoms with Crippen molar-refractivity contribution in [3.63, 3.8) is 0 Å². The van der Waals surface area contributed by atoms with E-state index in [0.29, 0.717) is 12.6 Å². The normalized spacial score (nSPS) is 20.2. The van der Waals surface area contributed by atoms with Gasteiger partial charge < -0.3 is 9.74 Å². The largest absolute Gasteiger partial charge is 0.368 e. The quantitative estimate of drug-likeness (QED) is 0.833. The molecule has 100 valence electrons. The predicted octanol–water partition coefficient (Wildman–Crippen LogP) is 2.94. The zero-order valence-electron chi connectivity index (χ0n) is 11.5. The number of hydrogen-bond donors (Lipinski definition) is 1. The van der Waals surface area contributed by atoms with Crippen LogP contribution in [0.3, 0.4) is 0 Å². The molecular weight excluding hydrogens is 224 g/mol. The number of nitrogens with two attached hydrogens (primary N) is 1. The van der Waals surface area contributed by atoms with Crippen molar-refractivity contribution in [3.05, 3.63) is 29.3 Å². The summed E-state index contributed by atoms with van der Waals surface area (Å²) in [6.45, 7) is 6.20. The number of anilines is 1. The Bertz CT molecular complexity index is 392. The molecule has 0 aliphatic carbocycles.